The van der Waals surface area contributed by atoms with Crippen LogP contribution in [-0.4, -0.2) is 34.0 Å². The number of thiazole rings is 1. The van der Waals surface area contributed by atoms with Crippen LogP contribution < -0.4 is 0 Å². The molecule has 1 aromatic heterocycles. The van der Waals surface area contributed by atoms with E-state index in [-0.39, 0.29) is 6.42 Å². The van der Waals surface area contributed by atoms with Crippen LogP contribution in [0, 0.1) is 5.92 Å². The van der Waals surface area contributed by atoms with Crippen LogP contribution in [0.15, 0.2) is 0 Å². The van der Waals surface area contributed by atoms with E-state index in [2.05, 4.69) is 16.8 Å². The molecular weight excluding hydrogens is 260 g/mol. The molecule has 19 heavy (non-hydrogen) atoms. The van der Waals surface area contributed by atoms with Crippen molar-refractivity contribution in [3.05, 3.63) is 15.6 Å². The van der Waals surface area contributed by atoms with Crippen LogP contribution in [0.5, 0.6) is 0 Å². The maximum atomic E-state index is 10.8. The second kappa shape index (κ2) is 6.48. The van der Waals surface area contributed by atoms with Crippen LogP contribution in [0.25, 0.3) is 0 Å². The SMILES string of the molecule is CCc1nc(CN2CCCC(C)C2)sc1CC(=O)O. The van der Waals surface area contributed by atoms with Gasteiger partial charge in [0.15, 0.2) is 0 Å². The molecule has 4 nitrogen and oxygen atoms in total. The van der Waals surface area contributed by atoms with E-state index in [1.165, 1.54) is 12.8 Å². The summed E-state index contributed by atoms with van der Waals surface area (Å²) in [5.41, 5.74) is 0.965. The Morgan fingerprint density at radius 3 is 3.00 bits per heavy atom. The van der Waals surface area contributed by atoms with Crippen molar-refractivity contribution in [1.82, 2.24) is 9.88 Å². The Labute approximate surface area is 118 Å². The highest BCUT2D eigenvalue weighted by atomic mass is 32.1. The summed E-state index contributed by atoms with van der Waals surface area (Å²) in [6, 6.07) is 0. The highest BCUT2D eigenvalue weighted by Crippen LogP contribution is 2.23. The van der Waals surface area contributed by atoms with E-state index in [1.807, 2.05) is 6.92 Å². The van der Waals surface area contributed by atoms with Crippen LogP contribution in [0.1, 0.15) is 42.3 Å². The number of aromatic nitrogens is 1. The minimum absolute atomic E-state index is 0.108. The normalized spacial score (nSPS) is 20.6. The molecule has 5 heteroatoms. The number of hydrogen-bond acceptors (Lipinski definition) is 4. The van der Waals surface area contributed by atoms with Crippen LogP contribution in [0.3, 0.4) is 0 Å². The van der Waals surface area contributed by atoms with Crippen molar-refractivity contribution in [3.63, 3.8) is 0 Å². The number of likely N-dealkylation sites (tertiary alicyclic amines) is 1. The van der Waals surface area contributed by atoms with Crippen LogP contribution in [0.2, 0.25) is 0 Å². The van der Waals surface area contributed by atoms with Gasteiger partial charge in [-0.15, -0.1) is 11.3 Å². The second-order valence-corrected chi connectivity index (χ2v) is 6.55. The first-order valence-electron chi connectivity index (χ1n) is 7.00. The van der Waals surface area contributed by atoms with Gasteiger partial charge in [0.25, 0.3) is 0 Å². The lowest BCUT2D eigenvalue weighted by atomic mass is 10.0. The average Bonchev–Trinajstić information content (AvgIpc) is 2.70. The molecule has 1 fully saturated rings. The average molecular weight is 282 g/mol. The number of piperidine rings is 1. The molecule has 0 radical (unpaired) electrons. The Morgan fingerprint density at radius 1 is 1.58 bits per heavy atom. The number of nitrogens with zero attached hydrogens (tertiary/aromatic N) is 2. The molecule has 1 N–H and O–H groups in total. The van der Waals surface area contributed by atoms with Gasteiger partial charge in [-0.25, -0.2) is 4.98 Å². The standard InChI is InChI=1S/C14H22N2O2S/c1-3-11-12(7-14(17)18)19-13(15-11)9-16-6-4-5-10(2)8-16/h10H,3-9H2,1-2H3,(H,17,18). The van der Waals surface area contributed by atoms with Crippen molar-refractivity contribution in [1.29, 1.82) is 0 Å². The Kier molecular flexibility index (Phi) is 4.93. The van der Waals surface area contributed by atoms with E-state index >= 15 is 0 Å². The van der Waals surface area contributed by atoms with Crippen molar-refractivity contribution in [2.75, 3.05) is 13.1 Å². The number of rotatable bonds is 5. The molecule has 0 amide bonds. The Balaban J connectivity index is 2.03. The van der Waals surface area contributed by atoms with Crippen molar-refractivity contribution >= 4 is 17.3 Å². The number of hydrogen-bond donors (Lipinski definition) is 1. The predicted octanol–water partition coefficient (Wildman–Crippen LogP) is 2.56. The Bertz CT molecular complexity index is 445. The predicted molar refractivity (Wildman–Crippen MR) is 76.5 cm³/mol. The first-order chi connectivity index (χ1) is 9.08. The van der Waals surface area contributed by atoms with E-state index in [0.29, 0.717) is 0 Å². The molecule has 1 unspecified atom stereocenters. The van der Waals surface area contributed by atoms with E-state index in [1.54, 1.807) is 11.3 Å². The van der Waals surface area contributed by atoms with E-state index in [9.17, 15) is 4.79 Å². The first-order valence-corrected chi connectivity index (χ1v) is 7.81. The number of carboxylic acid groups (broad SMARTS) is 1. The molecule has 0 aliphatic carbocycles. The molecule has 106 valence electrons. The topological polar surface area (TPSA) is 53.4 Å². The molecule has 1 aliphatic heterocycles. The Hall–Kier alpha value is -0.940. The zero-order chi connectivity index (χ0) is 13.8. The maximum Gasteiger partial charge on any atom is 0.308 e. The summed E-state index contributed by atoms with van der Waals surface area (Å²) < 4.78 is 0. The van der Waals surface area contributed by atoms with Crippen molar-refractivity contribution < 1.29 is 9.90 Å². The minimum Gasteiger partial charge on any atom is -0.481 e. The smallest absolute Gasteiger partial charge is 0.308 e. The largest absolute Gasteiger partial charge is 0.481 e. The first kappa shape index (κ1) is 14.5. The monoisotopic (exact) mass is 282 g/mol. The lowest BCUT2D eigenvalue weighted by Crippen LogP contribution is -2.33. The minimum atomic E-state index is -0.767. The fraction of sp³-hybridized carbons (Fsp3) is 0.714. The van der Waals surface area contributed by atoms with Gasteiger partial charge < -0.3 is 5.11 Å². The number of aryl methyl sites for hydroxylation is 1. The van der Waals surface area contributed by atoms with Crippen LogP contribution in [-0.2, 0) is 24.2 Å². The highest BCUT2D eigenvalue weighted by molar-refractivity contribution is 7.11. The molecule has 2 heterocycles. The maximum absolute atomic E-state index is 10.8. The second-order valence-electron chi connectivity index (χ2n) is 5.38. The zero-order valence-corrected chi connectivity index (χ0v) is 12.5. The summed E-state index contributed by atoms with van der Waals surface area (Å²) >= 11 is 1.57. The fourth-order valence-electron chi connectivity index (χ4n) is 2.68. The third-order valence-corrected chi connectivity index (χ3v) is 4.65. The Morgan fingerprint density at radius 2 is 2.37 bits per heavy atom. The van der Waals surface area contributed by atoms with Gasteiger partial charge in [-0.2, -0.15) is 0 Å². The molecular formula is C14H22N2O2S. The third kappa shape index (κ3) is 4.01. The molecule has 0 bridgehead atoms. The summed E-state index contributed by atoms with van der Waals surface area (Å²) in [6.07, 6.45) is 3.50. The zero-order valence-electron chi connectivity index (χ0n) is 11.7. The third-order valence-electron chi connectivity index (χ3n) is 3.57. The van der Waals surface area contributed by atoms with Gasteiger partial charge in [0.1, 0.15) is 5.01 Å². The van der Waals surface area contributed by atoms with E-state index in [4.69, 9.17) is 5.11 Å². The lowest BCUT2D eigenvalue weighted by Gasteiger charge is -2.29. The van der Waals surface area contributed by atoms with Gasteiger partial charge in [0.2, 0.25) is 0 Å². The molecule has 2 rings (SSSR count). The highest BCUT2D eigenvalue weighted by Gasteiger charge is 2.19. The molecule has 0 spiro atoms. The van der Waals surface area contributed by atoms with Crippen LogP contribution >= 0.6 is 11.3 Å². The molecule has 0 aromatic carbocycles. The molecule has 1 saturated heterocycles. The van der Waals surface area contributed by atoms with Gasteiger partial charge in [-0.3, -0.25) is 9.69 Å². The molecule has 0 saturated carbocycles. The number of carboxylic acids is 1. The van der Waals surface area contributed by atoms with Gasteiger partial charge in [0, 0.05) is 11.4 Å². The van der Waals surface area contributed by atoms with E-state index in [0.717, 1.165) is 47.6 Å². The number of carbonyl (C=O) groups is 1. The molecule has 1 atom stereocenters. The number of aliphatic carboxylic acids is 1. The summed E-state index contributed by atoms with van der Waals surface area (Å²) in [4.78, 5) is 18.8. The van der Waals surface area contributed by atoms with Crippen molar-refractivity contribution in [3.8, 4) is 0 Å². The summed E-state index contributed by atoms with van der Waals surface area (Å²) in [6.45, 7) is 7.48. The summed E-state index contributed by atoms with van der Waals surface area (Å²) in [7, 11) is 0. The summed E-state index contributed by atoms with van der Waals surface area (Å²) in [5.74, 6) is -0.00524. The van der Waals surface area contributed by atoms with E-state index < -0.39 is 5.97 Å². The summed E-state index contributed by atoms with van der Waals surface area (Å²) in [5, 5.41) is 9.99. The van der Waals surface area contributed by atoms with Crippen LogP contribution in [0.4, 0.5) is 0 Å². The van der Waals surface area contributed by atoms with Gasteiger partial charge in [-0.05, 0) is 31.7 Å². The van der Waals surface area contributed by atoms with Gasteiger partial charge in [-0.1, -0.05) is 13.8 Å². The quantitative estimate of drug-likeness (QED) is 0.902. The fourth-order valence-corrected chi connectivity index (χ4v) is 3.87. The van der Waals surface area contributed by atoms with Crippen molar-refractivity contribution in [2.24, 2.45) is 5.92 Å². The molecule has 1 aliphatic rings. The van der Waals surface area contributed by atoms with Crippen molar-refractivity contribution in [2.45, 2.75) is 46.1 Å². The lowest BCUT2D eigenvalue weighted by molar-refractivity contribution is -0.136. The molecule has 1 aromatic rings. The van der Waals surface area contributed by atoms with Gasteiger partial charge in [0.05, 0.1) is 18.7 Å². The van der Waals surface area contributed by atoms with Gasteiger partial charge >= 0.3 is 5.97 Å².